The van der Waals surface area contributed by atoms with Crippen LogP contribution in [0.2, 0.25) is 0 Å². The van der Waals surface area contributed by atoms with Gasteiger partial charge in [-0.3, -0.25) is 4.21 Å². The van der Waals surface area contributed by atoms with Gasteiger partial charge in [-0.05, 0) is 31.6 Å². The summed E-state index contributed by atoms with van der Waals surface area (Å²) in [7, 11) is -0.759. The number of carboxylic acid groups (broad SMARTS) is 1. The molecule has 0 bridgehead atoms. The molecule has 0 spiro atoms. The molecule has 2 unspecified atom stereocenters. The summed E-state index contributed by atoms with van der Waals surface area (Å²) < 4.78 is 11.3. The molecule has 2 fully saturated rings. The molecule has 2 atom stereocenters. The summed E-state index contributed by atoms with van der Waals surface area (Å²) in [6, 6.07) is -0.993. The Bertz CT molecular complexity index is 405. The van der Waals surface area contributed by atoms with Gasteiger partial charge in [0.15, 0.2) is 0 Å². The molecule has 2 amide bonds. The van der Waals surface area contributed by atoms with E-state index in [2.05, 4.69) is 5.32 Å². The zero-order valence-corrected chi connectivity index (χ0v) is 12.5. The molecule has 7 heteroatoms. The Morgan fingerprint density at radius 3 is 2.50 bits per heavy atom. The van der Waals surface area contributed by atoms with Crippen LogP contribution < -0.4 is 5.32 Å². The lowest BCUT2D eigenvalue weighted by Crippen LogP contribution is -2.55. The maximum absolute atomic E-state index is 12.2. The topological polar surface area (TPSA) is 86.7 Å². The zero-order valence-electron chi connectivity index (χ0n) is 11.7. The highest BCUT2D eigenvalue weighted by molar-refractivity contribution is 7.85. The van der Waals surface area contributed by atoms with Gasteiger partial charge in [0.2, 0.25) is 0 Å². The molecule has 6 nitrogen and oxygen atoms in total. The predicted octanol–water partition coefficient (Wildman–Crippen LogP) is 0.792. The molecular formula is C13H22N2O4S. The van der Waals surface area contributed by atoms with Gasteiger partial charge in [0.1, 0.15) is 6.04 Å². The van der Waals surface area contributed by atoms with Gasteiger partial charge in [0.25, 0.3) is 0 Å². The van der Waals surface area contributed by atoms with E-state index in [1.165, 1.54) is 4.90 Å². The number of carbonyl (C=O) groups excluding carboxylic acids is 1. The Morgan fingerprint density at radius 1 is 1.25 bits per heavy atom. The summed E-state index contributed by atoms with van der Waals surface area (Å²) in [5, 5.41) is 12.2. The minimum Gasteiger partial charge on any atom is -0.480 e. The minimum atomic E-state index is -0.934. The van der Waals surface area contributed by atoms with Crippen LogP contribution in [0.5, 0.6) is 0 Å². The van der Waals surface area contributed by atoms with Gasteiger partial charge in [-0.2, -0.15) is 0 Å². The molecule has 0 aromatic carbocycles. The fourth-order valence-electron chi connectivity index (χ4n) is 2.81. The van der Waals surface area contributed by atoms with Crippen LogP contribution in [0.25, 0.3) is 0 Å². The summed E-state index contributed by atoms with van der Waals surface area (Å²) in [5.74, 6) is 0.628. The van der Waals surface area contributed by atoms with E-state index in [1.54, 1.807) is 0 Å². The van der Waals surface area contributed by atoms with Gasteiger partial charge in [0, 0.05) is 34.9 Å². The van der Waals surface area contributed by atoms with Gasteiger partial charge in [-0.25, -0.2) is 9.59 Å². The number of hydrogen-bond acceptors (Lipinski definition) is 3. The standard InChI is InChI=1S/C13H22N2O4S/c1-9-2-5-15(11(8-9)12(16)17)13(18)14-10-3-6-20(19)7-4-10/h9-11H,2-8H2,1H3,(H,14,18)(H,16,17). The second-order valence-corrected chi connectivity index (χ2v) is 7.44. The first-order chi connectivity index (χ1) is 9.47. The quantitative estimate of drug-likeness (QED) is 0.789. The van der Waals surface area contributed by atoms with Crippen LogP contribution in [0.3, 0.4) is 0 Å². The molecule has 114 valence electrons. The summed E-state index contributed by atoms with van der Waals surface area (Å²) in [4.78, 5) is 25.0. The van der Waals surface area contributed by atoms with E-state index in [9.17, 15) is 18.9 Å². The minimum absolute atomic E-state index is 0.0222. The summed E-state index contributed by atoms with van der Waals surface area (Å²) in [6.45, 7) is 2.50. The van der Waals surface area contributed by atoms with Gasteiger partial charge >= 0.3 is 12.0 Å². The molecule has 0 aromatic rings. The van der Waals surface area contributed by atoms with Crippen LogP contribution in [-0.2, 0) is 15.6 Å². The molecule has 20 heavy (non-hydrogen) atoms. The van der Waals surface area contributed by atoms with Gasteiger partial charge in [0.05, 0.1) is 0 Å². The molecule has 0 saturated carbocycles. The molecule has 0 aromatic heterocycles. The van der Waals surface area contributed by atoms with E-state index < -0.39 is 22.8 Å². The molecule has 2 aliphatic heterocycles. The Labute approximate surface area is 121 Å². The Morgan fingerprint density at radius 2 is 1.90 bits per heavy atom. The number of amides is 2. The second kappa shape index (κ2) is 6.56. The zero-order chi connectivity index (χ0) is 14.7. The van der Waals surface area contributed by atoms with E-state index in [0.717, 1.165) is 6.42 Å². The highest BCUT2D eigenvalue weighted by Crippen LogP contribution is 2.23. The highest BCUT2D eigenvalue weighted by Gasteiger charge is 2.35. The van der Waals surface area contributed by atoms with E-state index in [-0.39, 0.29) is 12.1 Å². The van der Waals surface area contributed by atoms with Crippen LogP contribution in [0.15, 0.2) is 0 Å². The monoisotopic (exact) mass is 302 g/mol. The van der Waals surface area contributed by atoms with Crippen LogP contribution >= 0.6 is 0 Å². The number of hydrogen-bond donors (Lipinski definition) is 2. The first kappa shape index (κ1) is 15.3. The average molecular weight is 302 g/mol. The van der Waals surface area contributed by atoms with Gasteiger partial charge in [-0.1, -0.05) is 6.92 Å². The molecule has 2 aliphatic rings. The lowest BCUT2D eigenvalue weighted by molar-refractivity contribution is -0.143. The fraction of sp³-hybridized carbons (Fsp3) is 0.846. The van der Waals surface area contributed by atoms with Crippen molar-refractivity contribution in [1.29, 1.82) is 0 Å². The third kappa shape index (κ3) is 3.71. The molecule has 0 radical (unpaired) electrons. The van der Waals surface area contributed by atoms with Crippen molar-refractivity contribution in [2.45, 2.75) is 44.7 Å². The van der Waals surface area contributed by atoms with Crippen LogP contribution in [0.4, 0.5) is 4.79 Å². The molecule has 2 N–H and O–H groups in total. The largest absolute Gasteiger partial charge is 0.480 e. The van der Waals surface area contributed by atoms with E-state index in [4.69, 9.17) is 0 Å². The Kier molecular flexibility index (Phi) is 5.01. The summed E-state index contributed by atoms with van der Waals surface area (Å²) in [6.07, 6.45) is 2.77. The smallest absolute Gasteiger partial charge is 0.326 e. The number of likely N-dealkylation sites (tertiary alicyclic amines) is 1. The Hall–Kier alpha value is -1.11. The van der Waals surface area contributed by atoms with Gasteiger partial charge in [-0.15, -0.1) is 0 Å². The van der Waals surface area contributed by atoms with Crippen LogP contribution in [0, 0.1) is 5.92 Å². The molecule has 2 saturated heterocycles. The normalized spacial score (nSPS) is 34.5. The Balaban J connectivity index is 1.93. The number of piperidine rings is 1. The first-order valence-corrected chi connectivity index (χ1v) is 8.61. The number of carboxylic acids is 1. The van der Waals surface area contributed by atoms with E-state index in [1.807, 2.05) is 6.92 Å². The fourth-order valence-corrected chi connectivity index (χ4v) is 4.11. The van der Waals surface area contributed by atoms with Crippen molar-refractivity contribution in [3.8, 4) is 0 Å². The summed E-state index contributed by atoms with van der Waals surface area (Å²) in [5.41, 5.74) is 0. The number of nitrogens with zero attached hydrogens (tertiary/aromatic N) is 1. The number of rotatable bonds is 2. The van der Waals surface area contributed by atoms with Crippen molar-refractivity contribution in [1.82, 2.24) is 10.2 Å². The van der Waals surface area contributed by atoms with E-state index in [0.29, 0.717) is 43.2 Å². The number of carbonyl (C=O) groups is 2. The second-order valence-electron chi connectivity index (χ2n) is 5.75. The van der Waals surface area contributed by atoms with Crippen molar-refractivity contribution in [3.05, 3.63) is 0 Å². The van der Waals surface area contributed by atoms with Crippen molar-refractivity contribution in [3.63, 3.8) is 0 Å². The predicted molar refractivity (Wildman–Crippen MR) is 76.0 cm³/mol. The van der Waals surface area contributed by atoms with Crippen LogP contribution in [-0.4, -0.2) is 56.3 Å². The molecule has 2 rings (SSSR count). The first-order valence-electron chi connectivity index (χ1n) is 7.12. The number of aliphatic carboxylic acids is 1. The van der Waals surface area contributed by atoms with Crippen molar-refractivity contribution >= 4 is 22.8 Å². The van der Waals surface area contributed by atoms with Crippen molar-refractivity contribution in [2.24, 2.45) is 5.92 Å². The highest BCUT2D eigenvalue weighted by atomic mass is 32.2. The van der Waals surface area contributed by atoms with E-state index >= 15 is 0 Å². The molecular weight excluding hydrogens is 280 g/mol. The SMILES string of the molecule is CC1CCN(C(=O)NC2CCS(=O)CC2)C(C(=O)O)C1. The maximum Gasteiger partial charge on any atom is 0.326 e. The lowest BCUT2D eigenvalue weighted by Gasteiger charge is -2.37. The third-order valence-electron chi connectivity index (χ3n) is 4.13. The van der Waals surface area contributed by atoms with Gasteiger partial charge < -0.3 is 15.3 Å². The van der Waals surface area contributed by atoms with Crippen LogP contribution in [0.1, 0.15) is 32.6 Å². The maximum atomic E-state index is 12.2. The van der Waals surface area contributed by atoms with Crippen molar-refractivity contribution in [2.75, 3.05) is 18.1 Å². The van der Waals surface area contributed by atoms with Crippen molar-refractivity contribution < 1.29 is 18.9 Å². The summed E-state index contributed by atoms with van der Waals surface area (Å²) >= 11 is 0. The average Bonchev–Trinajstić information content (AvgIpc) is 2.41. The third-order valence-corrected chi connectivity index (χ3v) is 5.51. The number of urea groups is 1. The number of nitrogens with one attached hydrogen (secondary N) is 1. The lowest BCUT2D eigenvalue weighted by atomic mass is 9.92. The molecule has 2 heterocycles. The molecule has 0 aliphatic carbocycles.